The number of rotatable bonds is 4. The van der Waals surface area contributed by atoms with Gasteiger partial charge in [-0.1, -0.05) is 18.2 Å². The Hall–Kier alpha value is -3.05. The molecule has 0 saturated carbocycles. The summed E-state index contributed by atoms with van der Waals surface area (Å²) in [7, 11) is 0. The van der Waals surface area contributed by atoms with E-state index in [4.69, 9.17) is 21.1 Å². The fraction of sp³-hybridized carbons (Fsp3) is 0.182. The van der Waals surface area contributed by atoms with Crippen LogP contribution in [0.4, 0.5) is 0 Å². The van der Waals surface area contributed by atoms with Crippen LogP contribution in [-0.4, -0.2) is 21.7 Å². The molecule has 0 saturated heterocycles. The number of hydrogen-bond donors (Lipinski definition) is 0. The number of ketones is 1. The van der Waals surface area contributed by atoms with Gasteiger partial charge in [0.1, 0.15) is 16.9 Å². The van der Waals surface area contributed by atoms with Gasteiger partial charge in [-0.2, -0.15) is 0 Å². The van der Waals surface area contributed by atoms with Gasteiger partial charge in [0.15, 0.2) is 5.76 Å². The highest BCUT2D eigenvalue weighted by Crippen LogP contribution is 2.36. The molecule has 1 aliphatic heterocycles. The van der Waals surface area contributed by atoms with Crippen molar-refractivity contribution >= 4 is 40.3 Å². The minimum absolute atomic E-state index is 0.202. The SMILES string of the molecule is CCn1cc(/C=C2\Oc3cc(OC(=O)C(C)Cl)ccc3C2=O)c2ccccc21. The van der Waals surface area contributed by atoms with Crippen molar-refractivity contribution in [2.75, 3.05) is 0 Å². The molecule has 0 spiro atoms. The number of carbonyl (C=O) groups is 2. The van der Waals surface area contributed by atoms with E-state index in [1.807, 2.05) is 30.5 Å². The average molecular weight is 396 g/mol. The molecule has 0 fully saturated rings. The number of para-hydroxylation sites is 1. The van der Waals surface area contributed by atoms with E-state index in [9.17, 15) is 9.59 Å². The number of Topliss-reactive ketones (excluding diaryl/α,β-unsaturated/α-hetero) is 1. The molecule has 0 radical (unpaired) electrons. The Bertz CT molecular complexity index is 1130. The quantitative estimate of drug-likeness (QED) is 0.275. The number of aromatic nitrogens is 1. The first-order valence-corrected chi connectivity index (χ1v) is 9.43. The Labute approximate surface area is 167 Å². The normalized spacial score (nSPS) is 15.5. The molecule has 6 heteroatoms. The molecule has 1 aliphatic rings. The van der Waals surface area contributed by atoms with Gasteiger partial charge < -0.3 is 14.0 Å². The number of allylic oxidation sites excluding steroid dienone is 1. The van der Waals surface area contributed by atoms with Gasteiger partial charge in [0.05, 0.1) is 5.56 Å². The molecule has 2 aromatic carbocycles. The fourth-order valence-corrected chi connectivity index (χ4v) is 3.27. The summed E-state index contributed by atoms with van der Waals surface area (Å²) >= 11 is 5.72. The molecule has 0 N–H and O–H groups in total. The fourth-order valence-electron chi connectivity index (χ4n) is 3.22. The summed E-state index contributed by atoms with van der Waals surface area (Å²) in [5.74, 6) is 0.125. The largest absolute Gasteiger partial charge is 0.452 e. The zero-order valence-corrected chi connectivity index (χ0v) is 16.2. The van der Waals surface area contributed by atoms with Crippen LogP contribution in [0.1, 0.15) is 29.8 Å². The van der Waals surface area contributed by atoms with E-state index in [0.29, 0.717) is 11.3 Å². The Morgan fingerprint density at radius 1 is 1.29 bits per heavy atom. The maximum absolute atomic E-state index is 12.7. The number of benzene rings is 2. The molecule has 1 unspecified atom stereocenters. The maximum Gasteiger partial charge on any atom is 0.329 e. The molecule has 142 valence electrons. The standard InChI is InChI=1S/C22H18ClNO4/c1-3-24-12-14(16-6-4-5-7-18(16)24)10-20-21(25)17-9-8-15(11-19(17)28-20)27-22(26)13(2)23/h4-13H,3H2,1-2H3/b20-10-. The van der Waals surface area contributed by atoms with Crippen LogP contribution in [0.15, 0.2) is 54.4 Å². The first kappa shape index (κ1) is 18.3. The molecular formula is C22H18ClNO4. The van der Waals surface area contributed by atoms with Crippen molar-refractivity contribution in [3.8, 4) is 11.5 Å². The lowest BCUT2D eigenvalue weighted by atomic mass is 10.1. The second-order valence-corrected chi connectivity index (χ2v) is 7.18. The van der Waals surface area contributed by atoms with Crippen LogP contribution in [0, 0.1) is 0 Å². The number of esters is 1. The highest BCUT2D eigenvalue weighted by Gasteiger charge is 2.28. The number of hydrogen-bond acceptors (Lipinski definition) is 4. The van der Waals surface area contributed by atoms with E-state index in [1.165, 1.54) is 13.0 Å². The minimum atomic E-state index is -0.762. The highest BCUT2D eigenvalue weighted by atomic mass is 35.5. The third kappa shape index (κ3) is 3.18. The third-order valence-corrected chi connectivity index (χ3v) is 4.81. The van der Waals surface area contributed by atoms with Gasteiger partial charge >= 0.3 is 5.97 Å². The summed E-state index contributed by atoms with van der Waals surface area (Å²) in [4.78, 5) is 24.4. The van der Waals surface area contributed by atoms with Gasteiger partial charge in [-0.15, -0.1) is 11.6 Å². The van der Waals surface area contributed by atoms with Crippen LogP contribution in [0.3, 0.4) is 0 Å². The van der Waals surface area contributed by atoms with Gasteiger partial charge in [0.25, 0.3) is 0 Å². The van der Waals surface area contributed by atoms with E-state index < -0.39 is 11.3 Å². The van der Waals surface area contributed by atoms with Gasteiger partial charge in [-0.05, 0) is 38.1 Å². The van der Waals surface area contributed by atoms with Crippen LogP contribution < -0.4 is 9.47 Å². The van der Waals surface area contributed by atoms with E-state index in [-0.39, 0.29) is 17.3 Å². The van der Waals surface area contributed by atoms with Crippen LogP contribution in [0.5, 0.6) is 11.5 Å². The van der Waals surface area contributed by atoms with E-state index in [2.05, 4.69) is 11.5 Å². The van der Waals surface area contributed by atoms with Crippen LogP contribution >= 0.6 is 11.6 Å². The molecule has 0 amide bonds. The Morgan fingerprint density at radius 3 is 2.82 bits per heavy atom. The number of nitrogens with zero attached hydrogens (tertiary/aromatic N) is 1. The number of halogens is 1. The minimum Gasteiger partial charge on any atom is -0.452 e. The summed E-state index contributed by atoms with van der Waals surface area (Å²) in [6.07, 6.45) is 3.76. The molecule has 28 heavy (non-hydrogen) atoms. The van der Waals surface area contributed by atoms with Crippen LogP contribution in [-0.2, 0) is 11.3 Å². The summed E-state index contributed by atoms with van der Waals surface area (Å²) in [5.41, 5.74) is 2.45. The predicted octanol–water partition coefficient (Wildman–Crippen LogP) is 4.81. The van der Waals surface area contributed by atoms with E-state index in [0.717, 1.165) is 23.0 Å². The van der Waals surface area contributed by atoms with Crippen LogP contribution in [0.2, 0.25) is 0 Å². The molecule has 1 atom stereocenters. The van der Waals surface area contributed by atoms with Crippen molar-refractivity contribution in [3.05, 3.63) is 65.5 Å². The van der Waals surface area contributed by atoms with Crippen molar-refractivity contribution in [3.63, 3.8) is 0 Å². The molecule has 0 bridgehead atoms. The molecule has 1 aromatic heterocycles. The summed E-state index contributed by atoms with van der Waals surface area (Å²) in [6.45, 7) is 4.43. The number of ether oxygens (including phenoxy) is 2. The highest BCUT2D eigenvalue weighted by molar-refractivity contribution is 6.29. The molecule has 3 aromatic rings. The zero-order valence-electron chi connectivity index (χ0n) is 15.4. The smallest absolute Gasteiger partial charge is 0.329 e. The third-order valence-electron chi connectivity index (χ3n) is 4.63. The summed E-state index contributed by atoms with van der Waals surface area (Å²) < 4.78 is 13.1. The first-order chi connectivity index (χ1) is 13.5. The van der Waals surface area contributed by atoms with Gasteiger partial charge in [0, 0.05) is 35.3 Å². The predicted molar refractivity (Wildman–Crippen MR) is 108 cm³/mol. The van der Waals surface area contributed by atoms with Crippen molar-refractivity contribution in [1.29, 1.82) is 0 Å². The van der Waals surface area contributed by atoms with Crippen molar-refractivity contribution in [2.45, 2.75) is 25.8 Å². The van der Waals surface area contributed by atoms with Crippen molar-refractivity contribution in [1.82, 2.24) is 4.57 Å². The maximum atomic E-state index is 12.7. The Morgan fingerprint density at radius 2 is 2.07 bits per heavy atom. The second-order valence-electron chi connectivity index (χ2n) is 6.52. The van der Waals surface area contributed by atoms with Gasteiger partial charge in [0.2, 0.25) is 5.78 Å². The lowest BCUT2D eigenvalue weighted by molar-refractivity contribution is -0.133. The first-order valence-electron chi connectivity index (χ1n) is 9.00. The van der Waals surface area contributed by atoms with Crippen molar-refractivity contribution in [2.24, 2.45) is 0 Å². The monoisotopic (exact) mass is 395 g/mol. The number of carbonyl (C=O) groups excluding carboxylic acids is 2. The van der Waals surface area contributed by atoms with Gasteiger partial charge in [-0.3, -0.25) is 9.59 Å². The summed E-state index contributed by atoms with van der Waals surface area (Å²) in [5, 5.41) is 0.289. The van der Waals surface area contributed by atoms with E-state index >= 15 is 0 Å². The molecule has 0 aliphatic carbocycles. The lowest BCUT2D eigenvalue weighted by Gasteiger charge is -2.06. The van der Waals surface area contributed by atoms with Gasteiger partial charge in [-0.25, -0.2) is 0 Å². The molecule has 2 heterocycles. The lowest BCUT2D eigenvalue weighted by Crippen LogP contribution is -2.17. The second kappa shape index (κ2) is 7.17. The number of fused-ring (bicyclic) bond motifs is 2. The average Bonchev–Trinajstić information content (AvgIpc) is 3.19. The van der Waals surface area contributed by atoms with Crippen molar-refractivity contribution < 1.29 is 19.1 Å². The topological polar surface area (TPSA) is 57.5 Å². The number of alkyl halides is 1. The zero-order chi connectivity index (χ0) is 19.8. The molecule has 4 rings (SSSR count). The number of aryl methyl sites for hydroxylation is 1. The van der Waals surface area contributed by atoms with E-state index in [1.54, 1.807) is 18.2 Å². The Kier molecular flexibility index (Phi) is 4.69. The molecular weight excluding hydrogens is 378 g/mol. The van der Waals surface area contributed by atoms with Crippen LogP contribution in [0.25, 0.3) is 17.0 Å². The molecule has 5 nitrogen and oxygen atoms in total. The Balaban J connectivity index is 1.67. The summed E-state index contributed by atoms with van der Waals surface area (Å²) in [6, 6.07) is 12.7.